The zero-order valence-corrected chi connectivity index (χ0v) is 14.8. The minimum atomic E-state index is -0.127. The molecule has 0 spiro atoms. The Balaban J connectivity index is 1.35. The average molecular weight is 349 g/mol. The summed E-state index contributed by atoms with van der Waals surface area (Å²) in [5.74, 6) is 1.57. The standard InChI is InChI=1S/C18H27N3O4/c1-14(21-6-8-23-9-7-21)13-20-18(22)19-5-4-15-2-3-16-17(12-15)25-11-10-24-16/h2-3,12,14H,4-11,13H2,1H3,(H2,19,20,22)/t14-/m1/s1. The summed E-state index contributed by atoms with van der Waals surface area (Å²) < 4.78 is 16.4. The van der Waals surface area contributed by atoms with Crippen LogP contribution in [-0.2, 0) is 11.2 Å². The van der Waals surface area contributed by atoms with Gasteiger partial charge in [-0.15, -0.1) is 0 Å². The lowest BCUT2D eigenvalue weighted by Gasteiger charge is -2.32. The molecule has 2 aliphatic rings. The molecule has 25 heavy (non-hydrogen) atoms. The molecule has 1 fully saturated rings. The molecule has 2 amide bonds. The van der Waals surface area contributed by atoms with Crippen LogP contribution in [0.1, 0.15) is 12.5 Å². The van der Waals surface area contributed by atoms with Gasteiger partial charge in [0, 0.05) is 32.2 Å². The lowest BCUT2D eigenvalue weighted by atomic mass is 10.1. The Kier molecular flexibility index (Phi) is 6.36. The summed E-state index contributed by atoms with van der Waals surface area (Å²) in [5.41, 5.74) is 1.12. The van der Waals surface area contributed by atoms with Gasteiger partial charge in [0.05, 0.1) is 13.2 Å². The van der Waals surface area contributed by atoms with Crippen molar-refractivity contribution >= 4 is 6.03 Å². The number of hydrogen-bond acceptors (Lipinski definition) is 5. The van der Waals surface area contributed by atoms with Gasteiger partial charge in [-0.2, -0.15) is 0 Å². The highest BCUT2D eigenvalue weighted by atomic mass is 16.6. The number of carbonyl (C=O) groups excluding carboxylic acids is 1. The maximum Gasteiger partial charge on any atom is 0.314 e. The summed E-state index contributed by atoms with van der Waals surface area (Å²) in [6.45, 7) is 7.91. The largest absolute Gasteiger partial charge is 0.486 e. The third kappa shape index (κ3) is 5.24. The topological polar surface area (TPSA) is 72.1 Å². The fourth-order valence-corrected chi connectivity index (χ4v) is 3.01. The normalized spacial score (nSPS) is 18.4. The van der Waals surface area contributed by atoms with Crippen LogP contribution in [0.2, 0.25) is 0 Å². The number of fused-ring (bicyclic) bond motifs is 1. The number of morpholine rings is 1. The van der Waals surface area contributed by atoms with Gasteiger partial charge in [-0.05, 0) is 31.0 Å². The zero-order chi connectivity index (χ0) is 17.5. The second-order valence-electron chi connectivity index (χ2n) is 6.36. The average Bonchev–Trinajstić information content (AvgIpc) is 2.66. The van der Waals surface area contributed by atoms with Crippen LogP contribution in [0, 0.1) is 0 Å². The van der Waals surface area contributed by atoms with Gasteiger partial charge in [-0.25, -0.2) is 4.79 Å². The first-order valence-electron chi connectivity index (χ1n) is 8.94. The molecule has 2 heterocycles. The van der Waals surface area contributed by atoms with E-state index in [-0.39, 0.29) is 6.03 Å². The maximum absolute atomic E-state index is 11.9. The van der Waals surface area contributed by atoms with E-state index in [1.807, 2.05) is 18.2 Å². The van der Waals surface area contributed by atoms with Crippen LogP contribution in [-0.4, -0.2) is 69.6 Å². The maximum atomic E-state index is 11.9. The smallest absolute Gasteiger partial charge is 0.314 e. The molecule has 0 radical (unpaired) electrons. The summed E-state index contributed by atoms with van der Waals surface area (Å²) in [6, 6.07) is 6.10. The number of hydrogen-bond donors (Lipinski definition) is 2. The Morgan fingerprint density at radius 3 is 2.68 bits per heavy atom. The molecule has 0 saturated carbocycles. The van der Waals surface area contributed by atoms with E-state index in [1.54, 1.807) is 0 Å². The van der Waals surface area contributed by atoms with Crippen LogP contribution < -0.4 is 20.1 Å². The summed E-state index contributed by atoms with van der Waals surface area (Å²) >= 11 is 0. The third-order valence-corrected chi connectivity index (χ3v) is 4.53. The first-order chi connectivity index (χ1) is 12.2. The predicted octanol–water partition coefficient (Wildman–Crippen LogP) is 1.02. The number of rotatable bonds is 6. The molecule has 0 aliphatic carbocycles. The molecule has 138 valence electrons. The molecule has 1 saturated heterocycles. The lowest BCUT2D eigenvalue weighted by molar-refractivity contribution is 0.0209. The number of urea groups is 1. The van der Waals surface area contributed by atoms with Crippen molar-refractivity contribution in [2.45, 2.75) is 19.4 Å². The summed E-state index contributed by atoms with van der Waals surface area (Å²) in [5, 5.41) is 5.84. The van der Waals surface area contributed by atoms with Crippen LogP contribution >= 0.6 is 0 Å². The van der Waals surface area contributed by atoms with Crippen molar-refractivity contribution in [3.8, 4) is 11.5 Å². The summed E-state index contributed by atoms with van der Waals surface area (Å²) in [4.78, 5) is 14.3. The highest BCUT2D eigenvalue weighted by Gasteiger charge is 2.17. The minimum absolute atomic E-state index is 0.127. The van der Waals surface area contributed by atoms with Crippen molar-refractivity contribution in [1.82, 2.24) is 15.5 Å². The van der Waals surface area contributed by atoms with Crippen molar-refractivity contribution in [3.05, 3.63) is 23.8 Å². The first-order valence-corrected chi connectivity index (χ1v) is 8.94. The molecule has 1 atom stereocenters. The number of nitrogens with one attached hydrogen (secondary N) is 2. The molecule has 7 heteroatoms. The first kappa shape index (κ1) is 17.8. The minimum Gasteiger partial charge on any atom is -0.486 e. The van der Waals surface area contributed by atoms with Crippen molar-refractivity contribution in [2.75, 3.05) is 52.6 Å². The van der Waals surface area contributed by atoms with Crippen molar-refractivity contribution in [2.24, 2.45) is 0 Å². The van der Waals surface area contributed by atoms with Crippen molar-refractivity contribution in [1.29, 1.82) is 0 Å². The lowest BCUT2D eigenvalue weighted by Crippen LogP contribution is -2.49. The quantitative estimate of drug-likeness (QED) is 0.802. The van der Waals surface area contributed by atoms with Gasteiger partial charge >= 0.3 is 6.03 Å². The number of amides is 2. The summed E-state index contributed by atoms with van der Waals surface area (Å²) in [6.07, 6.45) is 0.753. The van der Waals surface area contributed by atoms with E-state index in [0.29, 0.717) is 32.3 Å². The van der Waals surface area contributed by atoms with Gasteiger partial charge in [0.1, 0.15) is 13.2 Å². The molecular weight excluding hydrogens is 322 g/mol. The Bertz CT molecular complexity index is 575. The second-order valence-corrected chi connectivity index (χ2v) is 6.36. The Morgan fingerprint density at radius 2 is 1.88 bits per heavy atom. The molecule has 3 rings (SSSR count). The molecular formula is C18H27N3O4. The Labute approximate surface area is 148 Å². The van der Waals surface area contributed by atoms with Crippen LogP contribution in [0.25, 0.3) is 0 Å². The zero-order valence-electron chi connectivity index (χ0n) is 14.8. The highest BCUT2D eigenvalue weighted by molar-refractivity contribution is 5.73. The fraction of sp³-hybridized carbons (Fsp3) is 0.611. The monoisotopic (exact) mass is 349 g/mol. The van der Waals surface area contributed by atoms with Gasteiger partial charge in [-0.1, -0.05) is 6.07 Å². The molecule has 1 aromatic rings. The molecule has 0 aromatic heterocycles. The van der Waals surface area contributed by atoms with Crippen molar-refractivity contribution in [3.63, 3.8) is 0 Å². The number of nitrogens with zero attached hydrogens (tertiary/aromatic N) is 1. The van der Waals surface area contributed by atoms with Crippen LogP contribution in [0.5, 0.6) is 11.5 Å². The SMILES string of the molecule is C[C@H](CNC(=O)NCCc1ccc2c(c1)OCCO2)N1CCOCC1. The van der Waals surface area contributed by atoms with Gasteiger partial charge in [-0.3, -0.25) is 4.90 Å². The molecule has 1 aromatic carbocycles. The predicted molar refractivity (Wildman–Crippen MR) is 94.4 cm³/mol. The van der Waals surface area contributed by atoms with Gasteiger partial charge in [0.25, 0.3) is 0 Å². The van der Waals surface area contributed by atoms with Crippen LogP contribution in [0.3, 0.4) is 0 Å². The molecule has 0 bridgehead atoms. The van der Waals surface area contributed by atoms with E-state index in [0.717, 1.165) is 49.8 Å². The third-order valence-electron chi connectivity index (χ3n) is 4.53. The molecule has 2 N–H and O–H groups in total. The van der Waals surface area contributed by atoms with Gasteiger partial charge in [0.2, 0.25) is 0 Å². The van der Waals surface area contributed by atoms with E-state index < -0.39 is 0 Å². The van der Waals surface area contributed by atoms with Crippen LogP contribution in [0.15, 0.2) is 18.2 Å². The number of benzene rings is 1. The van der Waals surface area contributed by atoms with Gasteiger partial charge in [0.15, 0.2) is 11.5 Å². The molecule has 0 unspecified atom stereocenters. The van der Waals surface area contributed by atoms with E-state index >= 15 is 0 Å². The highest BCUT2D eigenvalue weighted by Crippen LogP contribution is 2.30. The fourth-order valence-electron chi connectivity index (χ4n) is 3.01. The van der Waals surface area contributed by atoms with Crippen molar-refractivity contribution < 1.29 is 19.0 Å². The van der Waals surface area contributed by atoms with E-state index in [2.05, 4.69) is 22.5 Å². The molecule has 7 nitrogen and oxygen atoms in total. The van der Waals surface area contributed by atoms with Gasteiger partial charge < -0.3 is 24.8 Å². The van der Waals surface area contributed by atoms with E-state index in [9.17, 15) is 4.79 Å². The summed E-state index contributed by atoms with van der Waals surface area (Å²) in [7, 11) is 0. The number of ether oxygens (including phenoxy) is 3. The van der Waals surface area contributed by atoms with E-state index in [1.165, 1.54) is 0 Å². The number of carbonyl (C=O) groups is 1. The van der Waals surface area contributed by atoms with E-state index in [4.69, 9.17) is 14.2 Å². The molecule has 2 aliphatic heterocycles. The Hall–Kier alpha value is -1.99. The van der Waals surface area contributed by atoms with Crippen LogP contribution in [0.4, 0.5) is 4.79 Å². The second kappa shape index (κ2) is 8.92. The Morgan fingerprint density at radius 1 is 1.12 bits per heavy atom.